The van der Waals surface area contributed by atoms with Crippen LogP contribution in [0.25, 0.3) is 11.0 Å². The highest BCUT2D eigenvalue weighted by Crippen LogP contribution is 2.36. The highest BCUT2D eigenvalue weighted by molar-refractivity contribution is 5.86. The van der Waals surface area contributed by atoms with Crippen molar-refractivity contribution in [2.45, 2.75) is 18.8 Å². The molecule has 4 rings (SSSR count). The van der Waals surface area contributed by atoms with Gasteiger partial charge < -0.3 is 5.73 Å². The molecule has 5 nitrogen and oxygen atoms in total. The van der Waals surface area contributed by atoms with E-state index in [1.54, 1.807) is 4.68 Å². The molecule has 0 unspecified atom stereocenters. The predicted molar refractivity (Wildman–Crippen MR) is 77.3 cm³/mol. The summed E-state index contributed by atoms with van der Waals surface area (Å²) in [6.45, 7) is 0. The number of fused-ring (bicyclic) bond motifs is 2. The van der Waals surface area contributed by atoms with Gasteiger partial charge in [0.2, 0.25) is 0 Å². The number of hydrogen-bond acceptors (Lipinski definition) is 4. The summed E-state index contributed by atoms with van der Waals surface area (Å²) in [4.78, 5) is 8.45. The second kappa shape index (κ2) is 4.03. The lowest BCUT2D eigenvalue weighted by molar-refractivity contribution is 0.676. The first kappa shape index (κ1) is 11.4. The minimum atomic E-state index is 0.380. The van der Waals surface area contributed by atoms with Gasteiger partial charge in [0.1, 0.15) is 17.4 Å². The van der Waals surface area contributed by atoms with Gasteiger partial charge in [-0.25, -0.2) is 9.97 Å². The first-order valence-electron chi connectivity index (χ1n) is 6.74. The molecule has 0 amide bonds. The number of nitrogens with zero attached hydrogens (tertiary/aromatic N) is 4. The highest BCUT2D eigenvalue weighted by atomic mass is 15.3. The SMILES string of the molecule is Cn1nc(C2Cc3ccccc3C2)c2ncnc(N)c21. The zero-order chi connectivity index (χ0) is 13.7. The zero-order valence-electron chi connectivity index (χ0n) is 11.2. The van der Waals surface area contributed by atoms with E-state index in [4.69, 9.17) is 5.73 Å². The maximum atomic E-state index is 5.94. The summed E-state index contributed by atoms with van der Waals surface area (Å²) in [5.74, 6) is 0.872. The Morgan fingerprint density at radius 2 is 1.85 bits per heavy atom. The first-order valence-corrected chi connectivity index (χ1v) is 6.74. The van der Waals surface area contributed by atoms with E-state index in [2.05, 4.69) is 39.3 Å². The van der Waals surface area contributed by atoms with Gasteiger partial charge in [0.15, 0.2) is 5.82 Å². The normalized spacial score (nSPS) is 14.8. The zero-order valence-corrected chi connectivity index (χ0v) is 11.2. The minimum absolute atomic E-state index is 0.380. The molecule has 0 saturated carbocycles. The molecular weight excluding hydrogens is 250 g/mol. The molecule has 2 aromatic heterocycles. The summed E-state index contributed by atoms with van der Waals surface area (Å²) in [6.07, 6.45) is 3.56. The molecule has 2 heterocycles. The van der Waals surface area contributed by atoms with Crippen molar-refractivity contribution < 1.29 is 0 Å². The lowest BCUT2D eigenvalue weighted by atomic mass is 10.0. The molecule has 0 spiro atoms. The van der Waals surface area contributed by atoms with E-state index in [1.165, 1.54) is 17.5 Å². The van der Waals surface area contributed by atoms with Crippen molar-refractivity contribution in [2.75, 3.05) is 5.73 Å². The highest BCUT2D eigenvalue weighted by Gasteiger charge is 2.27. The Balaban J connectivity index is 1.84. The third-order valence-corrected chi connectivity index (χ3v) is 4.11. The smallest absolute Gasteiger partial charge is 0.153 e. The van der Waals surface area contributed by atoms with Crippen LogP contribution in [0.4, 0.5) is 5.82 Å². The average molecular weight is 265 g/mol. The van der Waals surface area contributed by atoms with Crippen molar-refractivity contribution in [2.24, 2.45) is 7.05 Å². The lowest BCUT2D eigenvalue weighted by Crippen LogP contribution is -2.01. The van der Waals surface area contributed by atoms with Crippen LogP contribution in [0.15, 0.2) is 30.6 Å². The molecule has 2 N–H and O–H groups in total. The molecule has 0 bridgehead atoms. The molecule has 0 atom stereocenters. The Labute approximate surface area is 116 Å². The van der Waals surface area contributed by atoms with Gasteiger partial charge in [-0.05, 0) is 24.0 Å². The molecule has 5 heteroatoms. The van der Waals surface area contributed by atoms with E-state index < -0.39 is 0 Å². The fourth-order valence-corrected chi connectivity index (χ4v) is 3.19. The van der Waals surface area contributed by atoms with Crippen molar-refractivity contribution in [3.8, 4) is 0 Å². The average Bonchev–Trinajstić information content (AvgIpc) is 3.00. The predicted octanol–water partition coefficient (Wildman–Crippen LogP) is 1.83. The number of rotatable bonds is 1. The van der Waals surface area contributed by atoms with Crippen molar-refractivity contribution in [1.82, 2.24) is 19.7 Å². The Morgan fingerprint density at radius 3 is 2.55 bits per heavy atom. The fraction of sp³-hybridized carbons (Fsp3) is 0.267. The summed E-state index contributed by atoms with van der Waals surface area (Å²) in [5, 5.41) is 4.65. The van der Waals surface area contributed by atoms with Gasteiger partial charge in [0.25, 0.3) is 0 Å². The number of benzene rings is 1. The van der Waals surface area contributed by atoms with Gasteiger partial charge in [-0.1, -0.05) is 24.3 Å². The molecule has 0 aliphatic heterocycles. The number of anilines is 1. The van der Waals surface area contributed by atoms with Gasteiger partial charge >= 0.3 is 0 Å². The molecule has 3 aromatic rings. The number of aryl methyl sites for hydroxylation is 1. The summed E-state index contributed by atoms with van der Waals surface area (Å²) in [7, 11) is 1.90. The van der Waals surface area contributed by atoms with Crippen LogP contribution in [0.5, 0.6) is 0 Å². The van der Waals surface area contributed by atoms with Crippen molar-refractivity contribution in [3.05, 3.63) is 47.4 Å². The van der Waals surface area contributed by atoms with E-state index in [1.807, 2.05) is 7.05 Å². The van der Waals surface area contributed by atoms with Crippen molar-refractivity contribution in [1.29, 1.82) is 0 Å². The van der Waals surface area contributed by atoms with Gasteiger partial charge in [-0.2, -0.15) is 5.10 Å². The quantitative estimate of drug-likeness (QED) is 0.728. The molecular formula is C15H15N5. The molecule has 0 radical (unpaired) electrons. The largest absolute Gasteiger partial charge is 0.382 e. The topological polar surface area (TPSA) is 69.6 Å². The molecule has 0 saturated heterocycles. The molecule has 20 heavy (non-hydrogen) atoms. The number of nitrogens with two attached hydrogens (primary N) is 1. The summed E-state index contributed by atoms with van der Waals surface area (Å²) in [6, 6.07) is 8.59. The van der Waals surface area contributed by atoms with E-state index in [0.717, 1.165) is 29.6 Å². The van der Waals surface area contributed by atoms with E-state index in [9.17, 15) is 0 Å². The third-order valence-electron chi connectivity index (χ3n) is 4.11. The second-order valence-corrected chi connectivity index (χ2v) is 5.34. The van der Waals surface area contributed by atoms with Gasteiger partial charge in [-0.15, -0.1) is 0 Å². The third kappa shape index (κ3) is 1.52. The molecule has 0 fully saturated rings. The molecule has 1 aliphatic rings. The van der Waals surface area contributed by atoms with Crippen LogP contribution in [0.3, 0.4) is 0 Å². The molecule has 1 aliphatic carbocycles. The maximum absolute atomic E-state index is 5.94. The number of hydrogen-bond donors (Lipinski definition) is 1. The van der Waals surface area contributed by atoms with E-state index in [0.29, 0.717) is 11.7 Å². The Morgan fingerprint density at radius 1 is 1.15 bits per heavy atom. The lowest BCUT2D eigenvalue weighted by Gasteiger charge is -2.04. The van der Waals surface area contributed by atoms with Crippen LogP contribution in [0.2, 0.25) is 0 Å². The summed E-state index contributed by atoms with van der Waals surface area (Å²) < 4.78 is 1.79. The van der Waals surface area contributed by atoms with E-state index >= 15 is 0 Å². The summed E-state index contributed by atoms with van der Waals surface area (Å²) >= 11 is 0. The Bertz CT molecular complexity index is 780. The van der Waals surface area contributed by atoms with Crippen LogP contribution in [0.1, 0.15) is 22.7 Å². The Hall–Kier alpha value is -2.43. The van der Waals surface area contributed by atoms with Gasteiger partial charge in [0.05, 0.1) is 5.69 Å². The molecule has 100 valence electrons. The van der Waals surface area contributed by atoms with Crippen LogP contribution in [0, 0.1) is 0 Å². The minimum Gasteiger partial charge on any atom is -0.382 e. The van der Waals surface area contributed by atoms with Crippen LogP contribution >= 0.6 is 0 Å². The first-order chi connectivity index (χ1) is 9.74. The van der Waals surface area contributed by atoms with E-state index in [-0.39, 0.29) is 0 Å². The number of aromatic nitrogens is 4. The van der Waals surface area contributed by atoms with Crippen LogP contribution in [-0.2, 0) is 19.9 Å². The van der Waals surface area contributed by atoms with Crippen molar-refractivity contribution in [3.63, 3.8) is 0 Å². The monoisotopic (exact) mass is 265 g/mol. The second-order valence-electron chi connectivity index (χ2n) is 5.34. The van der Waals surface area contributed by atoms with Crippen molar-refractivity contribution >= 4 is 16.9 Å². The standard InChI is InChI=1S/C15H15N5/c1-20-14-13(17-8-18-15(14)16)12(19-20)11-6-9-4-2-3-5-10(9)7-11/h2-5,8,11H,6-7H2,1H3,(H2,16,17,18). The van der Waals surface area contributed by atoms with Gasteiger partial charge in [0, 0.05) is 13.0 Å². The Kier molecular flexibility index (Phi) is 2.30. The van der Waals surface area contributed by atoms with Crippen LogP contribution < -0.4 is 5.73 Å². The fourth-order valence-electron chi connectivity index (χ4n) is 3.19. The number of nitrogen functional groups attached to an aromatic ring is 1. The summed E-state index contributed by atoms with van der Waals surface area (Å²) in [5.41, 5.74) is 11.5. The maximum Gasteiger partial charge on any atom is 0.153 e. The van der Waals surface area contributed by atoms with Gasteiger partial charge in [-0.3, -0.25) is 4.68 Å². The molecule has 1 aromatic carbocycles. The van der Waals surface area contributed by atoms with Crippen LogP contribution in [-0.4, -0.2) is 19.7 Å².